The molecule has 0 bridgehead atoms. The number of amides is 1. The van der Waals surface area contributed by atoms with Crippen LogP contribution in [0.5, 0.6) is 11.5 Å². The lowest BCUT2D eigenvalue weighted by atomic mass is 10.2. The molecule has 2 N–H and O–H groups in total. The van der Waals surface area contributed by atoms with Gasteiger partial charge in [-0.15, -0.1) is 12.4 Å². The molecule has 1 aromatic rings. The Bertz CT molecular complexity index is 399. The minimum Gasteiger partial charge on any atom is -0.490 e. The van der Waals surface area contributed by atoms with Crippen molar-refractivity contribution in [3.63, 3.8) is 0 Å². The number of anilines is 1. The fourth-order valence-corrected chi connectivity index (χ4v) is 1.49. The van der Waals surface area contributed by atoms with Crippen LogP contribution in [0.25, 0.3) is 0 Å². The molecular formula is C13H21ClN2O3. The second-order valence-corrected chi connectivity index (χ2v) is 3.61. The third kappa shape index (κ3) is 5.81. The first-order valence-corrected chi connectivity index (χ1v) is 6.05. The van der Waals surface area contributed by atoms with E-state index in [0.29, 0.717) is 30.4 Å². The van der Waals surface area contributed by atoms with Crippen molar-refractivity contribution < 1.29 is 14.3 Å². The number of ether oxygens (including phenoxy) is 2. The Balaban J connectivity index is 0.00000324. The Morgan fingerprint density at radius 3 is 2.37 bits per heavy atom. The Morgan fingerprint density at radius 2 is 1.79 bits per heavy atom. The van der Waals surface area contributed by atoms with E-state index in [4.69, 9.17) is 9.47 Å². The van der Waals surface area contributed by atoms with E-state index in [2.05, 4.69) is 10.6 Å². The third-order valence-electron chi connectivity index (χ3n) is 2.16. The Hall–Kier alpha value is -1.46. The molecule has 0 spiro atoms. The first-order valence-electron chi connectivity index (χ1n) is 6.05. The third-order valence-corrected chi connectivity index (χ3v) is 2.16. The summed E-state index contributed by atoms with van der Waals surface area (Å²) in [5.74, 6) is 1.23. The van der Waals surface area contributed by atoms with Crippen LogP contribution in [0.2, 0.25) is 0 Å². The zero-order valence-electron chi connectivity index (χ0n) is 11.5. The number of rotatable bonds is 7. The van der Waals surface area contributed by atoms with Crippen LogP contribution in [0, 0.1) is 0 Å². The van der Waals surface area contributed by atoms with Gasteiger partial charge in [-0.05, 0) is 33.0 Å². The lowest BCUT2D eigenvalue weighted by molar-refractivity contribution is -0.115. The van der Waals surface area contributed by atoms with Crippen molar-refractivity contribution in [3.8, 4) is 11.5 Å². The van der Waals surface area contributed by atoms with Gasteiger partial charge in [0.1, 0.15) is 0 Å². The topological polar surface area (TPSA) is 59.6 Å². The highest BCUT2D eigenvalue weighted by Crippen LogP contribution is 2.30. The van der Waals surface area contributed by atoms with Gasteiger partial charge >= 0.3 is 0 Å². The molecule has 0 saturated carbocycles. The molecule has 108 valence electrons. The van der Waals surface area contributed by atoms with Crippen LogP contribution in [-0.2, 0) is 4.79 Å². The molecule has 1 amide bonds. The van der Waals surface area contributed by atoms with Gasteiger partial charge in [-0.3, -0.25) is 4.79 Å². The molecule has 0 aliphatic carbocycles. The molecule has 0 radical (unpaired) electrons. The highest BCUT2D eigenvalue weighted by atomic mass is 35.5. The number of carbonyl (C=O) groups excluding carboxylic acids is 1. The van der Waals surface area contributed by atoms with Crippen LogP contribution in [0.3, 0.4) is 0 Å². The lowest BCUT2D eigenvalue weighted by Gasteiger charge is -2.12. The lowest BCUT2D eigenvalue weighted by Crippen LogP contribution is -2.25. The van der Waals surface area contributed by atoms with E-state index in [1.54, 1.807) is 25.2 Å². The number of hydrogen-bond donors (Lipinski definition) is 2. The highest BCUT2D eigenvalue weighted by molar-refractivity contribution is 5.92. The number of halogens is 1. The van der Waals surface area contributed by atoms with Crippen molar-refractivity contribution in [1.82, 2.24) is 5.32 Å². The van der Waals surface area contributed by atoms with E-state index >= 15 is 0 Å². The summed E-state index contributed by atoms with van der Waals surface area (Å²) in [7, 11) is 1.73. The molecule has 0 aliphatic heterocycles. The summed E-state index contributed by atoms with van der Waals surface area (Å²) in [6.07, 6.45) is 0. The summed E-state index contributed by atoms with van der Waals surface area (Å²) >= 11 is 0. The van der Waals surface area contributed by atoms with Crippen molar-refractivity contribution in [1.29, 1.82) is 0 Å². The van der Waals surface area contributed by atoms with Gasteiger partial charge in [0.25, 0.3) is 0 Å². The van der Waals surface area contributed by atoms with Gasteiger partial charge < -0.3 is 20.1 Å². The smallest absolute Gasteiger partial charge is 0.238 e. The summed E-state index contributed by atoms with van der Waals surface area (Å²) in [5.41, 5.74) is 0.696. The summed E-state index contributed by atoms with van der Waals surface area (Å²) < 4.78 is 10.9. The van der Waals surface area contributed by atoms with Crippen molar-refractivity contribution in [2.24, 2.45) is 0 Å². The van der Waals surface area contributed by atoms with Gasteiger partial charge in [0, 0.05) is 11.8 Å². The predicted molar refractivity (Wildman–Crippen MR) is 78.6 cm³/mol. The number of hydrogen-bond acceptors (Lipinski definition) is 4. The van der Waals surface area contributed by atoms with Gasteiger partial charge in [-0.25, -0.2) is 0 Å². The number of benzene rings is 1. The van der Waals surface area contributed by atoms with Crippen LogP contribution >= 0.6 is 12.4 Å². The predicted octanol–water partition coefficient (Wildman–Crippen LogP) is 2.06. The summed E-state index contributed by atoms with van der Waals surface area (Å²) in [6.45, 7) is 5.22. The van der Waals surface area contributed by atoms with Crippen molar-refractivity contribution >= 4 is 24.0 Å². The van der Waals surface area contributed by atoms with Gasteiger partial charge in [-0.1, -0.05) is 0 Å². The molecule has 5 nitrogen and oxygen atoms in total. The Labute approximate surface area is 120 Å². The van der Waals surface area contributed by atoms with E-state index < -0.39 is 0 Å². The molecule has 0 unspecified atom stereocenters. The van der Waals surface area contributed by atoms with Crippen LogP contribution in [0.15, 0.2) is 18.2 Å². The molecule has 0 aromatic heterocycles. The van der Waals surface area contributed by atoms with Crippen molar-refractivity contribution in [2.75, 3.05) is 32.1 Å². The van der Waals surface area contributed by atoms with Crippen LogP contribution in [0.4, 0.5) is 5.69 Å². The van der Waals surface area contributed by atoms with Gasteiger partial charge in [0.15, 0.2) is 11.5 Å². The van der Waals surface area contributed by atoms with Gasteiger partial charge in [0.2, 0.25) is 5.91 Å². The molecule has 6 heteroatoms. The SMILES string of the molecule is CCOc1ccc(NC(=O)CNC)cc1OCC.Cl. The molecule has 0 atom stereocenters. The summed E-state index contributed by atoms with van der Waals surface area (Å²) in [5, 5.41) is 5.57. The molecule has 1 aromatic carbocycles. The molecule has 0 fully saturated rings. The van der Waals surface area contributed by atoms with Crippen molar-refractivity contribution in [3.05, 3.63) is 18.2 Å². The minimum absolute atomic E-state index is 0. The minimum atomic E-state index is -0.0934. The normalized spacial score (nSPS) is 9.42. The maximum atomic E-state index is 11.4. The molecule has 0 saturated heterocycles. The van der Waals surface area contributed by atoms with Crippen LogP contribution < -0.4 is 20.1 Å². The average molecular weight is 289 g/mol. The zero-order valence-corrected chi connectivity index (χ0v) is 12.3. The molecule has 0 aliphatic rings. The maximum Gasteiger partial charge on any atom is 0.238 e. The number of likely N-dealkylation sites (N-methyl/N-ethyl adjacent to an activating group) is 1. The fraction of sp³-hybridized carbons (Fsp3) is 0.462. The van der Waals surface area contributed by atoms with E-state index in [0.717, 1.165) is 0 Å². The van der Waals surface area contributed by atoms with Gasteiger partial charge in [-0.2, -0.15) is 0 Å². The van der Waals surface area contributed by atoms with Crippen LogP contribution in [-0.4, -0.2) is 32.7 Å². The summed E-state index contributed by atoms with van der Waals surface area (Å²) in [4.78, 5) is 11.4. The van der Waals surface area contributed by atoms with E-state index in [9.17, 15) is 4.79 Å². The quantitative estimate of drug-likeness (QED) is 0.806. The van der Waals surface area contributed by atoms with E-state index in [1.165, 1.54) is 0 Å². The standard InChI is InChI=1S/C13H20N2O3.ClH/c1-4-17-11-7-6-10(8-12(11)18-5-2)15-13(16)9-14-3;/h6-8,14H,4-5,9H2,1-3H3,(H,15,16);1H. The fourth-order valence-electron chi connectivity index (χ4n) is 1.49. The Morgan fingerprint density at radius 1 is 1.16 bits per heavy atom. The highest BCUT2D eigenvalue weighted by Gasteiger charge is 2.07. The zero-order chi connectivity index (χ0) is 13.4. The summed E-state index contributed by atoms with van der Waals surface area (Å²) in [6, 6.07) is 5.35. The van der Waals surface area contributed by atoms with Gasteiger partial charge in [0.05, 0.1) is 19.8 Å². The first kappa shape index (κ1) is 17.5. The first-order chi connectivity index (χ1) is 8.71. The monoisotopic (exact) mass is 288 g/mol. The molecular weight excluding hydrogens is 268 g/mol. The molecule has 19 heavy (non-hydrogen) atoms. The van der Waals surface area contributed by atoms with E-state index in [-0.39, 0.29) is 24.9 Å². The largest absolute Gasteiger partial charge is 0.490 e. The molecule has 0 heterocycles. The maximum absolute atomic E-state index is 11.4. The number of nitrogens with one attached hydrogen (secondary N) is 2. The average Bonchev–Trinajstić information content (AvgIpc) is 2.33. The number of carbonyl (C=O) groups is 1. The van der Waals surface area contributed by atoms with E-state index in [1.807, 2.05) is 13.8 Å². The molecule has 1 rings (SSSR count). The van der Waals surface area contributed by atoms with Crippen LogP contribution in [0.1, 0.15) is 13.8 Å². The second kappa shape index (κ2) is 9.47. The van der Waals surface area contributed by atoms with Crippen molar-refractivity contribution in [2.45, 2.75) is 13.8 Å². The second-order valence-electron chi connectivity index (χ2n) is 3.61. The Kier molecular flexibility index (Phi) is 8.74.